The van der Waals surface area contributed by atoms with E-state index in [1.807, 2.05) is 0 Å². The average Bonchev–Trinajstić information content (AvgIpc) is 2.77. The first-order chi connectivity index (χ1) is 9.24. The van der Waals surface area contributed by atoms with E-state index in [4.69, 9.17) is 9.52 Å². The SMILES string of the molecule is CCc1oc(C(=O)NCCNS(C)(=O)=O)cc1C(=O)O. The molecule has 0 radical (unpaired) electrons. The minimum atomic E-state index is -3.31. The number of rotatable bonds is 7. The zero-order valence-electron chi connectivity index (χ0n) is 11.1. The number of amides is 1. The van der Waals surface area contributed by atoms with Crippen molar-refractivity contribution in [3.05, 3.63) is 23.2 Å². The number of carbonyl (C=O) groups excluding carboxylic acids is 1. The number of carboxylic acids is 1. The molecule has 1 rings (SSSR count). The number of aryl methyl sites for hydroxylation is 1. The molecule has 0 aliphatic heterocycles. The third kappa shape index (κ3) is 4.67. The fourth-order valence-electron chi connectivity index (χ4n) is 1.48. The number of furan rings is 1. The molecular formula is C11H16N2O6S. The lowest BCUT2D eigenvalue weighted by Gasteiger charge is -2.03. The molecule has 0 spiro atoms. The molecule has 1 amide bonds. The van der Waals surface area contributed by atoms with Crippen molar-refractivity contribution in [2.45, 2.75) is 13.3 Å². The Morgan fingerprint density at radius 3 is 2.45 bits per heavy atom. The first-order valence-corrected chi connectivity index (χ1v) is 7.72. The third-order valence-electron chi connectivity index (χ3n) is 2.36. The van der Waals surface area contributed by atoms with Gasteiger partial charge in [0.05, 0.1) is 6.26 Å². The third-order valence-corrected chi connectivity index (χ3v) is 3.09. The molecule has 9 heteroatoms. The Morgan fingerprint density at radius 1 is 1.35 bits per heavy atom. The fourth-order valence-corrected chi connectivity index (χ4v) is 1.96. The second kappa shape index (κ2) is 6.53. The molecule has 3 N–H and O–H groups in total. The summed E-state index contributed by atoms with van der Waals surface area (Å²) in [5.41, 5.74) is -0.0492. The summed E-state index contributed by atoms with van der Waals surface area (Å²) in [5.74, 6) is -1.65. The molecule has 0 aliphatic carbocycles. The van der Waals surface area contributed by atoms with Gasteiger partial charge in [0.2, 0.25) is 10.0 Å². The molecule has 0 unspecified atom stereocenters. The van der Waals surface area contributed by atoms with E-state index >= 15 is 0 Å². The second-order valence-corrected chi connectivity index (χ2v) is 5.86. The molecule has 0 saturated heterocycles. The van der Waals surface area contributed by atoms with Crippen molar-refractivity contribution in [2.24, 2.45) is 0 Å². The average molecular weight is 304 g/mol. The molecule has 0 saturated carbocycles. The van der Waals surface area contributed by atoms with Gasteiger partial charge in [-0.1, -0.05) is 6.92 Å². The van der Waals surface area contributed by atoms with Crippen LogP contribution in [0.15, 0.2) is 10.5 Å². The van der Waals surface area contributed by atoms with E-state index in [0.29, 0.717) is 6.42 Å². The summed E-state index contributed by atoms with van der Waals surface area (Å²) < 4.78 is 29.0. The number of carbonyl (C=O) groups is 2. The molecule has 0 aliphatic rings. The van der Waals surface area contributed by atoms with Crippen molar-refractivity contribution in [2.75, 3.05) is 19.3 Å². The standard InChI is InChI=1S/C11H16N2O6S/c1-3-8-7(11(15)16)6-9(19-8)10(14)12-4-5-13-20(2,17)18/h6,13H,3-5H2,1-2H3,(H,12,14)(H,15,16). The topological polar surface area (TPSA) is 126 Å². The number of carboxylic acid groups (broad SMARTS) is 1. The zero-order valence-corrected chi connectivity index (χ0v) is 11.9. The van der Waals surface area contributed by atoms with E-state index in [-0.39, 0.29) is 30.2 Å². The monoisotopic (exact) mass is 304 g/mol. The highest BCUT2D eigenvalue weighted by molar-refractivity contribution is 7.88. The zero-order chi connectivity index (χ0) is 15.3. The maximum atomic E-state index is 11.7. The molecule has 1 aromatic rings. The van der Waals surface area contributed by atoms with Crippen LogP contribution in [0.25, 0.3) is 0 Å². The minimum absolute atomic E-state index is 0.0394. The largest absolute Gasteiger partial charge is 0.478 e. The summed E-state index contributed by atoms with van der Waals surface area (Å²) in [6.07, 6.45) is 1.36. The molecule has 0 atom stereocenters. The summed E-state index contributed by atoms with van der Waals surface area (Å²) in [4.78, 5) is 22.6. The van der Waals surface area contributed by atoms with E-state index < -0.39 is 21.9 Å². The number of nitrogens with one attached hydrogen (secondary N) is 2. The van der Waals surface area contributed by atoms with Crippen LogP contribution in [0.3, 0.4) is 0 Å². The van der Waals surface area contributed by atoms with E-state index in [9.17, 15) is 18.0 Å². The Balaban J connectivity index is 2.62. The van der Waals surface area contributed by atoms with E-state index in [2.05, 4.69) is 10.0 Å². The van der Waals surface area contributed by atoms with Crippen LogP contribution in [-0.4, -0.2) is 44.7 Å². The van der Waals surface area contributed by atoms with Crippen LogP contribution in [0.2, 0.25) is 0 Å². The predicted octanol–water partition coefficient (Wildman–Crippen LogP) is -0.181. The first kappa shape index (κ1) is 16.2. The minimum Gasteiger partial charge on any atom is -0.478 e. The Morgan fingerprint density at radius 2 is 2.00 bits per heavy atom. The van der Waals surface area contributed by atoms with E-state index in [1.54, 1.807) is 6.92 Å². The van der Waals surface area contributed by atoms with Crippen LogP contribution >= 0.6 is 0 Å². The molecule has 0 bridgehead atoms. The molecule has 1 aromatic heterocycles. The maximum absolute atomic E-state index is 11.7. The van der Waals surface area contributed by atoms with Gasteiger partial charge in [-0.3, -0.25) is 4.79 Å². The highest BCUT2D eigenvalue weighted by Gasteiger charge is 2.19. The predicted molar refractivity (Wildman–Crippen MR) is 70.2 cm³/mol. The number of hydrogen-bond donors (Lipinski definition) is 3. The normalized spacial score (nSPS) is 11.3. The number of aromatic carboxylic acids is 1. The van der Waals surface area contributed by atoms with Gasteiger partial charge in [0, 0.05) is 25.6 Å². The second-order valence-electron chi connectivity index (χ2n) is 4.03. The quantitative estimate of drug-likeness (QED) is 0.600. The van der Waals surface area contributed by atoms with Crippen LogP contribution in [0.1, 0.15) is 33.6 Å². The van der Waals surface area contributed by atoms with Gasteiger partial charge in [0.1, 0.15) is 11.3 Å². The number of sulfonamides is 1. The van der Waals surface area contributed by atoms with Gasteiger partial charge in [-0.15, -0.1) is 0 Å². The maximum Gasteiger partial charge on any atom is 0.339 e. The van der Waals surface area contributed by atoms with Gasteiger partial charge in [0.15, 0.2) is 5.76 Å². The van der Waals surface area contributed by atoms with Crippen LogP contribution in [0.5, 0.6) is 0 Å². The molecule has 0 fully saturated rings. The molecule has 20 heavy (non-hydrogen) atoms. The summed E-state index contributed by atoms with van der Waals surface area (Å²) in [6, 6.07) is 1.15. The van der Waals surface area contributed by atoms with Crippen molar-refractivity contribution >= 4 is 21.9 Å². The van der Waals surface area contributed by atoms with Crippen LogP contribution in [0, 0.1) is 0 Å². The van der Waals surface area contributed by atoms with Crippen LogP contribution in [-0.2, 0) is 16.4 Å². The van der Waals surface area contributed by atoms with Crippen molar-refractivity contribution in [3.8, 4) is 0 Å². The lowest BCUT2D eigenvalue weighted by Crippen LogP contribution is -2.34. The summed E-state index contributed by atoms with van der Waals surface area (Å²) in [5, 5.41) is 11.3. The number of hydrogen-bond acceptors (Lipinski definition) is 5. The Kier molecular flexibility index (Phi) is 5.28. The molecule has 1 heterocycles. The smallest absolute Gasteiger partial charge is 0.339 e. The Labute approximate surface area is 116 Å². The van der Waals surface area contributed by atoms with E-state index in [0.717, 1.165) is 12.3 Å². The Hall–Kier alpha value is -1.87. The van der Waals surface area contributed by atoms with Crippen molar-refractivity contribution in [1.29, 1.82) is 0 Å². The van der Waals surface area contributed by atoms with E-state index in [1.165, 1.54) is 0 Å². The fraction of sp³-hybridized carbons (Fsp3) is 0.455. The highest BCUT2D eigenvalue weighted by Crippen LogP contribution is 2.16. The van der Waals surface area contributed by atoms with Gasteiger partial charge in [-0.25, -0.2) is 17.9 Å². The van der Waals surface area contributed by atoms with Gasteiger partial charge in [-0.05, 0) is 0 Å². The highest BCUT2D eigenvalue weighted by atomic mass is 32.2. The lowest BCUT2D eigenvalue weighted by molar-refractivity contribution is 0.0694. The summed E-state index contributed by atoms with van der Waals surface area (Å²) in [7, 11) is -3.31. The van der Waals surface area contributed by atoms with Crippen molar-refractivity contribution in [1.82, 2.24) is 10.0 Å². The molecular weight excluding hydrogens is 288 g/mol. The van der Waals surface area contributed by atoms with Crippen LogP contribution < -0.4 is 10.0 Å². The summed E-state index contributed by atoms with van der Waals surface area (Å²) in [6.45, 7) is 1.82. The van der Waals surface area contributed by atoms with Crippen molar-refractivity contribution in [3.63, 3.8) is 0 Å². The molecule has 112 valence electrons. The lowest BCUT2D eigenvalue weighted by atomic mass is 10.2. The molecule has 0 aromatic carbocycles. The summed E-state index contributed by atoms with van der Waals surface area (Å²) >= 11 is 0. The van der Waals surface area contributed by atoms with Crippen molar-refractivity contribution < 1.29 is 27.5 Å². The van der Waals surface area contributed by atoms with Crippen LogP contribution in [0.4, 0.5) is 0 Å². The van der Waals surface area contributed by atoms with Gasteiger partial charge in [0.25, 0.3) is 5.91 Å². The molecule has 8 nitrogen and oxygen atoms in total. The van der Waals surface area contributed by atoms with Gasteiger partial charge >= 0.3 is 5.97 Å². The Bertz CT molecular complexity index is 604. The first-order valence-electron chi connectivity index (χ1n) is 5.83. The van der Waals surface area contributed by atoms with Gasteiger partial charge in [-0.2, -0.15) is 0 Å². The van der Waals surface area contributed by atoms with Gasteiger partial charge < -0.3 is 14.8 Å².